The molecule has 1 aromatic heterocycles. The van der Waals surface area contributed by atoms with Crippen molar-refractivity contribution in [1.29, 1.82) is 0 Å². The second-order valence-corrected chi connectivity index (χ2v) is 2.31. The van der Waals surface area contributed by atoms with Gasteiger partial charge < -0.3 is 15.6 Å². The number of hydrogen-bond acceptors (Lipinski definition) is 4. The van der Waals surface area contributed by atoms with Crippen LogP contribution < -0.4 is 10.5 Å². The van der Waals surface area contributed by atoms with E-state index in [2.05, 4.69) is 4.98 Å². The van der Waals surface area contributed by atoms with E-state index in [1.165, 1.54) is 18.5 Å². The number of aromatic nitrogens is 1. The fourth-order valence-electron chi connectivity index (χ4n) is 0.854. The number of aliphatic hydroxyl groups excluding tert-OH is 1. The zero-order valence-electron chi connectivity index (χ0n) is 6.93. The van der Waals surface area contributed by atoms with Crippen molar-refractivity contribution in [2.45, 2.75) is 0 Å². The number of nitrogens with two attached hydrogens (primary N) is 1. The summed E-state index contributed by atoms with van der Waals surface area (Å²) in [5.41, 5.74) is 5.34. The summed E-state index contributed by atoms with van der Waals surface area (Å²) < 4.78 is 5.03. The van der Waals surface area contributed by atoms with Gasteiger partial charge in [0.15, 0.2) is 0 Å². The Kier molecular flexibility index (Phi) is 3.22. The molecule has 13 heavy (non-hydrogen) atoms. The largest absolute Gasteiger partial charge is 0.489 e. The molecule has 0 atom stereocenters. The predicted octanol–water partition coefficient (Wildman–Crippen LogP) is -0.448. The molecule has 3 N–H and O–H groups in total. The fraction of sp³-hybridized carbons (Fsp3) is 0.250. The third-order valence-electron chi connectivity index (χ3n) is 1.40. The van der Waals surface area contributed by atoms with Gasteiger partial charge in [-0.1, -0.05) is 0 Å². The van der Waals surface area contributed by atoms with Crippen LogP contribution in [0.1, 0.15) is 10.4 Å². The minimum Gasteiger partial charge on any atom is -0.489 e. The quantitative estimate of drug-likeness (QED) is 0.660. The highest BCUT2D eigenvalue weighted by atomic mass is 16.5. The Morgan fingerprint density at radius 2 is 2.46 bits per heavy atom. The molecule has 0 spiro atoms. The van der Waals surface area contributed by atoms with Gasteiger partial charge in [0, 0.05) is 6.20 Å². The number of carbonyl (C=O) groups is 1. The first-order valence-corrected chi connectivity index (χ1v) is 3.73. The third kappa shape index (κ3) is 2.41. The van der Waals surface area contributed by atoms with Crippen LogP contribution in [0, 0.1) is 0 Å². The third-order valence-corrected chi connectivity index (χ3v) is 1.40. The second-order valence-electron chi connectivity index (χ2n) is 2.31. The summed E-state index contributed by atoms with van der Waals surface area (Å²) in [5.74, 6) is -0.278. The van der Waals surface area contributed by atoms with Gasteiger partial charge in [0.25, 0.3) is 5.91 Å². The lowest BCUT2D eigenvalue weighted by Crippen LogP contribution is -2.14. The van der Waals surface area contributed by atoms with Gasteiger partial charge in [0.2, 0.25) is 0 Å². The number of ether oxygens (including phenoxy) is 1. The smallest absolute Gasteiger partial charge is 0.252 e. The highest BCUT2D eigenvalue weighted by Crippen LogP contribution is 2.14. The van der Waals surface area contributed by atoms with E-state index in [0.717, 1.165) is 0 Å². The Morgan fingerprint density at radius 3 is 3.08 bits per heavy atom. The van der Waals surface area contributed by atoms with E-state index >= 15 is 0 Å². The maximum Gasteiger partial charge on any atom is 0.252 e. The minimum atomic E-state index is -0.574. The maximum atomic E-state index is 10.8. The van der Waals surface area contributed by atoms with Crippen molar-refractivity contribution >= 4 is 5.91 Å². The number of primary amides is 1. The zero-order chi connectivity index (χ0) is 9.68. The van der Waals surface area contributed by atoms with Crippen molar-refractivity contribution in [2.75, 3.05) is 13.2 Å². The van der Waals surface area contributed by atoms with Crippen LogP contribution in [0.15, 0.2) is 18.5 Å². The Labute approximate surface area is 75.2 Å². The van der Waals surface area contributed by atoms with Crippen LogP contribution >= 0.6 is 0 Å². The highest BCUT2D eigenvalue weighted by molar-refractivity contribution is 5.95. The highest BCUT2D eigenvalue weighted by Gasteiger charge is 2.07. The van der Waals surface area contributed by atoms with Crippen LogP contribution in [0.4, 0.5) is 0 Å². The standard InChI is InChI=1S/C8H10N2O3/c9-8(12)6-1-2-10-5-7(6)13-4-3-11/h1-2,5,11H,3-4H2,(H2,9,12). The number of nitrogens with zero attached hydrogens (tertiary/aromatic N) is 1. The zero-order valence-corrected chi connectivity index (χ0v) is 6.93. The van der Waals surface area contributed by atoms with Gasteiger partial charge in [0.05, 0.1) is 18.4 Å². The van der Waals surface area contributed by atoms with Crippen molar-refractivity contribution in [1.82, 2.24) is 4.98 Å². The first kappa shape index (κ1) is 9.47. The van der Waals surface area contributed by atoms with E-state index in [4.69, 9.17) is 15.6 Å². The summed E-state index contributed by atoms with van der Waals surface area (Å²) in [7, 11) is 0. The molecule has 0 radical (unpaired) electrons. The van der Waals surface area contributed by atoms with Crippen molar-refractivity contribution < 1.29 is 14.6 Å². The summed E-state index contributed by atoms with van der Waals surface area (Å²) in [6.45, 7) is -0.000923. The molecule has 0 aliphatic rings. The SMILES string of the molecule is NC(=O)c1ccncc1OCCO. The van der Waals surface area contributed by atoms with Gasteiger partial charge in [-0.05, 0) is 6.07 Å². The molecule has 5 nitrogen and oxygen atoms in total. The van der Waals surface area contributed by atoms with E-state index in [0.29, 0.717) is 5.75 Å². The number of pyridine rings is 1. The first-order chi connectivity index (χ1) is 6.25. The second kappa shape index (κ2) is 4.42. The molecular formula is C8H10N2O3. The van der Waals surface area contributed by atoms with Crippen molar-refractivity contribution in [3.8, 4) is 5.75 Å². The van der Waals surface area contributed by atoms with Crippen LogP contribution in [0.3, 0.4) is 0 Å². The Bertz CT molecular complexity index is 301. The molecule has 0 bridgehead atoms. The predicted molar refractivity (Wildman–Crippen MR) is 45.3 cm³/mol. The van der Waals surface area contributed by atoms with E-state index in [-0.39, 0.29) is 18.8 Å². The lowest BCUT2D eigenvalue weighted by molar-refractivity contribution is 0.0994. The van der Waals surface area contributed by atoms with Crippen LogP contribution in [0.5, 0.6) is 5.75 Å². The van der Waals surface area contributed by atoms with Crippen LogP contribution in [-0.4, -0.2) is 29.2 Å². The summed E-state index contributed by atoms with van der Waals surface area (Å²) in [6, 6.07) is 1.47. The molecule has 1 aromatic rings. The molecule has 0 saturated heterocycles. The lowest BCUT2D eigenvalue weighted by atomic mass is 10.2. The molecule has 0 fully saturated rings. The molecule has 1 amide bonds. The molecule has 70 valence electrons. The van der Waals surface area contributed by atoms with Gasteiger partial charge in [-0.2, -0.15) is 0 Å². The molecule has 0 aliphatic heterocycles. The summed E-state index contributed by atoms with van der Waals surface area (Å²) in [4.78, 5) is 14.6. The lowest BCUT2D eigenvalue weighted by Gasteiger charge is -2.06. The van der Waals surface area contributed by atoms with Crippen molar-refractivity contribution in [2.24, 2.45) is 5.73 Å². The minimum absolute atomic E-state index is 0.117. The van der Waals surface area contributed by atoms with Gasteiger partial charge in [0.1, 0.15) is 12.4 Å². The molecule has 0 unspecified atom stereocenters. The number of rotatable bonds is 4. The van der Waals surface area contributed by atoms with Gasteiger partial charge >= 0.3 is 0 Å². The van der Waals surface area contributed by atoms with Crippen molar-refractivity contribution in [3.63, 3.8) is 0 Å². The topological polar surface area (TPSA) is 85.4 Å². The fourth-order valence-corrected chi connectivity index (χ4v) is 0.854. The number of amides is 1. The van der Waals surface area contributed by atoms with Gasteiger partial charge in [-0.15, -0.1) is 0 Å². The monoisotopic (exact) mass is 182 g/mol. The van der Waals surface area contributed by atoms with E-state index in [1.54, 1.807) is 0 Å². The Balaban J connectivity index is 2.84. The first-order valence-electron chi connectivity index (χ1n) is 3.73. The van der Waals surface area contributed by atoms with Crippen LogP contribution in [0.25, 0.3) is 0 Å². The summed E-state index contributed by atoms with van der Waals surface area (Å²) >= 11 is 0. The molecule has 0 saturated carbocycles. The van der Waals surface area contributed by atoms with E-state index in [9.17, 15) is 4.79 Å². The maximum absolute atomic E-state index is 10.8. The average molecular weight is 182 g/mol. The number of carbonyl (C=O) groups excluding carboxylic acids is 1. The summed E-state index contributed by atoms with van der Waals surface area (Å²) in [5, 5.41) is 8.50. The summed E-state index contributed by atoms with van der Waals surface area (Å²) in [6.07, 6.45) is 2.83. The normalized spacial score (nSPS) is 9.62. The molecule has 1 rings (SSSR count). The van der Waals surface area contributed by atoms with Gasteiger partial charge in [-0.3, -0.25) is 9.78 Å². The molecule has 0 aromatic carbocycles. The number of aliphatic hydroxyl groups is 1. The van der Waals surface area contributed by atoms with Gasteiger partial charge in [-0.25, -0.2) is 0 Å². The average Bonchev–Trinajstić information content (AvgIpc) is 2.15. The van der Waals surface area contributed by atoms with Crippen molar-refractivity contribution in [3.05, 3.63) is 24.0 Å². The number of hydrogen-bond donors (Lipinski definition) is 2. The van der Waals surface area contributed by atoms with Crippen LogP contribution in [-0.2, 0) is 0 Å². The molecular weight excluding hydrogens is 172 g/mol. The Morgan fingerprint density at radius 1 is 1.69 bits per heavy atom. The van der Waals surface area contributed by atoms with E-state index < -0.39 is 5.91 Å². The van der Waals surface area contributed by atoms with Crippen LogP contribution in [0.2, 0.25) is 0 Å². The molecule has 5 heteroatoms. The Hall–Kier alpha value is -1.62. The molecule has 1 heterocycles. The molecule has 0 aliphatic carbocycles. The van der Waals surface area contributed by atoms with E-state index in [1.807, 2.05) is 0 Å².